The van der Waals surface area contributed by atoms with Crippen molar-refractivity contribution in [2.45, 2.75) is 19.8 Å². The number of carbonyl (C=O) groups is 1. The fraction of sp³-hybridized carbons (Fsp3) is 0.750. The van der Waals surface area contributed by atoms with Gasteiger partial charge < -0.3 is 9.04 Å². The Labute approximate surface area is 120 Å². The summed E-state index contributed by atoms with van der Waals surface area (Å²) in [6.45, 7) is 7.11. The van der Waals surface area contributed by atoms with E-state index in [2.05, 4.69) is 6.58 Å². The van der Waals surface area contributed by atoms with E-state index < -0.39 is 16.1 Å². The first-order chi connectivity index (χ1) is 9.03. The fourth-order valence-electron chi connectivity index (χ4n) is 1.62. The minimum Gasteiger partial charge on any atom is -0.748 e. The van der Waals surface area contributed by atoms with Crippen LogP contribution in [0.15, 0.2) is 12.2 Å². The number of nitrogens with zero attached hydrogens (tertiary/aromatic N) is 1. The molecule has 0 aliphatic carbocycles. The minimum atomic E-state index is -4.13. The molecule has 0 radical (unpaired) electrons. The van der Waals surface area contributed by atoms with Gasteiger partial charge in [0.15, 0.2) is 0 Å². The molecule has 0 aromatic rings. The molecule has 8 heteroatoms. The maximum atomic E-state index is 11.1. The van der Waals surface area contributed by atoms with Gasteiger partial charge in [-0.3, -0.25) is 4.84 Å². The van der Waals surface area contributed by atoms with Crippen molar-refractivity contribution in [1.82, 2.24) is 0 Å². The van der Waals surface area contributed by atoms with Crippen LogP contribution in [0.3, 0.4) is 0 Å². The Hall–Kier alpha value is -0.960. The molecule has 20 heavy (non-hydrogen) atoms. The molecule has 118 valence electrons. The lowest BCUT2D eigenvalue weighted by Crippen LogP contribution is -2.84. The van der Waals surface area contributed by atoms with Crippen LogP contribution >= 0.6 is 0 Å². The molecule has 0 bridgehead atoms. The van der Waals surface area contributed by atoms with Gasteiger partial charge >= 0.3 is 5.97 Å². The highest BCUT2D eigenvalue weighted by Crippen LogP contribution is 2.02. The summed E-state index contributed by atoms with van der Waals surface area (Å²) in [5.41, 5.74) is 1.82. The summed E-state index contributed by atoms with van der Waals surface area (Å²) in [6, 6.07) is 0. The zero-order chi connectivity index (χ0) is 15.8. The first-order valence-corrected chi connectivity index (χ1v) is 8.05. The molecule has 7 nitrogen and oxygen atoms in total. The van der Waals surface area contributed by atoms with Crippen molar-refractivity contribution in [2.75, 3.05) is 39.5 Å². The third-order valence-electron chi connectivity index (χ3n) is 2.78. The number of hydrogen-bond acceptors (Lipinski definition) is 5. The first kappa shape index (κ1) is 19.0. The van der Waals surface area contributed by atoms with Crippen LogP contribution in [0.25, 0.3) is 0 Å². The predicted octanol–water partition coefficient (Wildman–Crippen LogP) is -1.01. The van der Waals surface area contributed by atoms with Gasteiger partial charge in [0.2, 0.25) is 0 Å². The molecular formula is C12H25N2O5S+. The standard InChI is InChI=1S/C12H24N2O5S/c1-11(2)12(15)19-13-7-5-8-14(3,4)9-6-10-20(16,17)18/h13H,1,5-10H2,2-4H3/p+1. The zero-order valence-corrected chi connectivity index (χ0v) is 13.2. The van der Waals surface area contributed by atoms with E-state index in [1.54, 1.807) is 6.92 Å². The minimum absolute atomic E-state index is 0.322. The number of hydrogen-bond donors (Lipinski definition) is 1. The van der Waals surface area contributed by atoms with E-state index in [0.29, 0.717) is 29.6 Å². The molecule has 0 unspecified atom stereocenters. The van der Waals surface area contributed by atoms with Gasteiger partial charge in [-0.05, 0) is 6.92 Å². The van der Waals surface area contributed by atoms with Gasteiger partial charge in [0.25, 0.3) is 0 Å². The lowest BCUT2D eigenvalue weighted by molar-refractivity contribution is -0.901. The summed E-state index contributed by atoms with van der Waals surface area (Å²) in [5, 5.41) is 0. The van der Waals surface area contributed by atoms with Crippen molar-refractivity contribution in [3.8, 4) is 0 Å². The Balaban J connectivity index is 3.77. The Morgan fingerprint density at radius 3 is 2.35 bits per heavy atom. The predicted molar refractivity (Wildman–Crippen MR) is 73.3 cm³/mol. The monoisotopic (exact) mass is 309 g/mol. The molecule has 0 atom stereocenters. The topological polar surface area (TPSA) is 100 Å². The second-order valence-electron chi connectivity index (χ2n) is 5.49. The average molecular weight is 309 g/mol. The summed E-state index contributed by atoms with van der Waals surface area (Å²) in [7, 11) is -0.186. The Morgan fingerprint density at radius 1 is 1.30 bits per heavy atom. The van der Waals surface area contributed by atoms with Crippen LogP contribution in [0, 0.1) is 0 Å². The molecular weight excluding hydrogens is 284 g/mol. The molecule has 2 N–H and O–H groups in total. The highest BCUT2D eigenvalue weighted by molar-refractivity contribution is 7.85. The van der Waals surface area contributed by atoms with Crippen LogP contribution in [0.1, 0.15) is 19.8 Å². The van der Waals surface area contributed by atoms with Crippen molar-refractivity contribution in [3.05, 3.63) is 12.2 Å². The van der Waals surface area contributed by atoms with E-state index in [-0.39, 0.29) is 5.75 Å². The molecule has 0 aliphatic heterocycles. The highest BCUT2D eigenvalue weighted by Gasteiger charge is 2.15. The van der Waals surface area contributed by atoms with Gasteiger partial charge in [0.1, 0.15) is 6.54 Å². The van der Waals surface area contributed by atoms with Gasteiger partial charge in [-0.25, -0.2) is 13.2 Å². The molecule has 0 spiro atoms. The Bertz CT molecular complexity index is 431. The van der Waals surface area contributed by atoms with Crippen LogP contribution in [0.5, 0.6) is 0 Å². The third-order valence-corrected chi connectivity index (χ3v) is 3.57. The molecule has 0 saturated carbocycles. The normalized spacial score (nSPS) is 12.2. The average Bonchev–Trinajstić information content (AvgIpc) is 2.25. The summed E-state index contributed by atoms with van der Waals surface area (Å²) in [5.74, 6) is -0.754. The van der Waals surface area contributed by atoms with Gasteiger partial charge in [0.05, 0.1) is 37.3 Å². The van der Waals surface area contributed by atoms with E-state index in [1.807, 2.05) is 14.1 Å². The van der Waals surface area contributed by atoms with Crippen LogP contribution in [0.4, 0.5) is 0 Å². The van der Waals surface area contributed by atoms with Crippen LogP contribution < -0.4 is 5.48 Å². The van der Waals surface area contributed by atoms with Crippen LogP contribution in [-0.4, -0.2) is 62.9 Å². The summed E-state index contributed by atoms with van der Waals surface area (Å²) in [4.78, 5) is 15.9. The van der Waals surface area contributed by atoms with Crippen LogP contribution in [0.2, 0.25) is 0 Å². The van der Waals surface area contributed by atoms with E-state index in [4.69, 9.17) is 4.84 Å². The molecule has 0 aliphatic rings. The zero-order valence-electron chi connectivity index (χ0n) is 12.4. The molecule has 0 aromatic carbocycles. The largest absolute Gasteiger partial charge is 0.748 e. The highest BCUT2D eigenvalue weighted by atomic mass is 32.2. The number of quaternary nitrogens is 2. The summed E-state index contributed by atoms with van der Waals surface area (Å²) in [6.07, 6.45) is 1.16. The fourth-order valence-corrected chi connectivity index (χ4v) is 2.10. The third kappa shape index (κ3) is 10.9. The maximum Gasteiger partial charge on any atom is 0.392 e. The molecule has 0 amide bonds. The smallest absolute Gasteiger partial charge is 0.392 e. The molecule has 0 saturated heterocycles. The molecule has 0 fully saturated rings. The van der Waals surface area contributed by atoms with Crippen molar-refractivity contribution in [2.24, 2.45) is 0 Å². The van der Waals surface area contributed by atoms with E-state index in [1.165, 1.54) is 5.48 Å². The van der Waals surface area contributed by atoms with Gasteiger partial charge in [0, 0.05) is 24.2 Å². The second-order valence-corrected chi connectivity index (χ2v) is 7.02. The number of nitrogens with two attached hydrogens (primary N) is 1. The number of hydroxylamine groups is 1. The lowest BCUT2D eigenvalue weighted by atomic mass is 10.3. The molecule has 0 rings (SSSR count). The number of carbonyl (C=O) groups excluding carboxylic acids is 1. The van der Waals surface area contributed by atoms with Gasteiger partial charge in [-0.2, -0.15) is 5.48 Å². The SMILES string of the molecule is C=C(C)C(=O)O[NH2+]CCC[N+](C)(C)CCCS(=O)(=O)[O-]. The number of rotatable bonds is 10. The van der Waals surface area contributed by atoms with Crippen LogP contribution in [-0.2, 0) is 19.8 Å². The van der Waals surface area contributed by atoms with Crippen molar-refractivity contribution in [1.29, 1.82) is 0 Å². The maximum absolute atomic E-state index is 11.1. The van der Waals surface area contributed by atoms with E-state index >= 15 is 0 Å². The van der Waals surface area contributed by atoms with E-state index in [0.717, 1.165) is 13.0 Å². The van der Waals surface area contributed by atoms with Crippen molar-refractivity contribution in [3.63, 3.8) is 0 Å². The van der Waals surface area contributed by atoms with E-state index in [9.17, 15) is 17.8 Å². The Morgan fingerprint density at radius 2 is 1.85 bits per heavy atom. The Kier molecular flexibility index (Phi) is 7.95. The van der Waals surface area contributed by atoms with Gasteiger partial charge in [-0.15, -0.1) is 0 Å². The van der Waals surface area contributed by atoms with Crippen molar-refractivity contribution >= 4 is 16.1 Å². The summed E-state index contributed by atoms with van der Waals surface area (Å²) >= 11 is 0. The lowest BCUT2D eigenvalue weighted by Gasteiger charge is -2.29. The molecule has 0 aromatic heterocycles. The van der Waals surface area contributed by atoms with Gasteiger partial charge in [-0.1, -0.05) is 6.58 Å². The molecule has 0 heterocycles. The summed E-state index contributed by atoms with van der Waals surface area (Å²) < 4.78 is 32.2. The quantitative estimate of drug-likeness (QED) is 0.183. The second kappa shape index (κ2) is 8.35. The van der Waals surface area contributed by atoms with Crippen molar-refractivity contribution < 1.29 is 32.6 Å². The first-order valence-electron chi connectivity index (χ1n) is 6.47.